The van der Waals surface area contributed by atoms with Crippen molar-refractivity contribution in [1.29, 1.82) is 0 Å². The minimum atomic E-state index is -0.476. The Morgan fingerprint density at radius 2 is 1.47 bits per heavy atom. The molecule has 0 bridgehead atoms. The highest BCUT2D eigenvalue weighted by Gasteiger charge is 2.23. The number of hydrogen-bond acceptors (Lipinski definition) is 8. The van der Waals surface area contributed by atoms with Gasteiger partial charge in [-0.2, -0.15) is 0 Å². The Balaban J connectivity index is 1.46. The number of hydrazine groups is 2. The summed E-state index contributed by atoms with van der Waals surface area (Å²) in [5.74, 6) is 0.152. The van der Waals surface area contributed by atoms with Gasteiger partial charge in [0.15, 0.2) is 11.6 Å². The largest absolute Gasteiger partial charge is 0.393 e. The Morgan fingerprint density at radius 3 is 2.06 bits per heavy atom. The second-order valence-electron chi connectivity index (χ2n) is 7.76. The van der Waals surface area contributed by atoms with Crippen LogP contribution in [0.25, 0.3) is 0 Å². The van der Waals surface area contributed by atoms with Crippen LogP contribution in [0.5, 0.6) is 0 Å². The summed E-state index contributed by atoms with van der Waals surface area (Å²) in [7, 11) is 2.10. The van der Waals surface area contributed by atoms with Crippen LogP contribution in [0, 0.1) is 0 Å². The van der Waals surface area contributed by atoms with Gasteiger partial charge in [0, 0.05) is 26.2 Å². The molecule has 0 saturated carbocycles. The van der Waals surface area contributed by atoms with Gasteiger partial charge in [-0.3, -0.25) is 15.6 Å². The van der Waals surface area contributed by atoms with Crippen LogP contribution in [0.3, 0.4) is 0 Å². The molecular formula is C23H28N8O. The average molecular weight is 433 g/mol. The van der Waals surface area contributed by atoms with Crippen LogP contribution < -0.4 is 22.0 Å². The molecule has 3 aromatic rings. The first kappa shape index (κ1) is 21.5. The van der Waals surface area contributed by atoms with Crippen LogP contribution in [0.2, 0.25) is 0 Å². The lowest BCUT2D eigenvalue weighted by molar-refractivity contribution is -0.121. The molecule has 0 spiro atoms. The molecule has 9 heteroatoms. The van der Waals surface area contributed by atoms with Crippen LogP contribution >= 0.6 is 0 Å². The Labute approximate surface area is 187 Å². The van der Waals surface area contributed by atoms with E-state index in [4.69, 9.17) is 5.73 Å². The van der Waals surface area contributed by atoms with E-state index in [1.807, 2.05) is 60.7 Å². The zero-order chi connectivity index (χ0) is 22.3. The molecule has 1 amide bonds. The molecule has 4 rings (SSSR count). The molecule has 5 N–H and O–H groups in total. The number of hydrogen-bond donors (Lipinski definition) is 4. The zero-order valence-corrected chi connectivity index (χ0v) is 18.0. The molecule has 9 nitrogen and oxygen atoms in total. The number of carbonyl (C=O) groups is 1. The van der Waals surface area contributed by atoms with E-state index in [0.29, 0.717) is 17.3 Å². The van der Waals surface area contributed by atoms with Crippen molar-refractivity contribution in [2.45, 2.75) is 5.92 Å². The summed E-state index contributed by atoms with van der Waals surface area (Å²) in [5.41, 5.74) is 17.3. The molecule has 1 aliphatic rings. The summed E-state index contributed by atoms with van der Waals surface area (Å²) in [6, 6.07) is 19.3. The van der Waals surface area contributed by atoms with Gasteiger partial charge in [0.1, 0.15) is 12.0 Å². The Bertz CT molecular complexity index is 983. The van der Waals surface area contributed by atoms with E-state index in [0.717, 1.165) is 37.3 Å². The molecule has 0 atom stereocenters. The van der Waals surface area contributed by atoms with Crippen LogP contribution in [0.4, 0.5) is 17.3 Å². The van der Waals surface area contributed by atoms with Crippen molar-refractivity contribution < 1.29 is 4.79 Å². The summed E-state index contributed by atoms with van der Waals surface area (Å²) >= 11 is 0. The lowest BCUT2D eigenvalue weighted by Crippen LogP contribution is -2.47. The molecular weight excluding hydrogens is 404 g/mol. The van der Waals surface area contributed by atoms with Crippen molar-refractivity contribution in [3.63, 3.8) is 0 Å². The second kappa shape index (κ2) is 10.1. The molecule has 0 radical (unpaired) electrons. The third-order valence-electron chi connectivity index (χ3n) is 5.48. The fraction of sp³-hybridized carbons (Fsp3) is 0.261. The predicted octanol–water partition coefficient (Wildman–Crippen LogP) is 1.91. The first-order chi connectivity index (χ1) is 15.6. The maximum absolute atomic E-state index is 13.2. The number of rotatable bonds is 7. The molecule has 0 aliphatic carbocycles. The van der Waals surface area contributed by atoms with Crippen molar-refractivity contribution in [3.05, 3.63) is 78.1 Å². The van der Waals surface area contributed by atoms with E-state index >= 15 is 0 Å². The van der Waals surface area contributed by atoms with Gasteiger partial charge in [-0.05, 0) is 18.2 Å². The molecule has 1 saturated heterocycles. The van der Waals surface area contributed by atoms with E-state index in [1.165, 1.54) is 6.33 Å². The van der Waals surface area contributed by atoms with Gasteiger partial charge >= 0.3 is 0 Å². The minimum absolute atomic E-state index is 0.214. The molecule has 2 heterocycles. The van der Waals surface area contributed by atoms with Crippen LogP contribution in [0.1, 0.15) is 17.0 Å². The smallest absolute Gasteiger partial charge is 0.250 e. The fourth-order valence-corrected chi connectivity index (χ4v) is 3.63. The average Bonchev–Trinajstić information content (AvgIpc) is 2.82. The quantitative estimate of drug-likeness (QED) is 0.419. The van der Waals surface area contributed by atoms with Gasteiger partial charge in [0.2, 0.25) is 5.91 Å². The lowest BCUT2D eigenvalue weighted by atomic mass is 9.91. The normalized spacial score (nSPS) is 14.8. The monoisotopic (exact) mass is 432 g/mol. The maximum atomic E-state index is 13.2. The number of nitrogens with two attached hydrogens (primary N) is 1. The van der Waals surface area contributed by atoms with E-state index in [9.17, 15) is 4.79 Å². The van der Waals surface area contributed by atoms with Gasteiger partial charge in [-0.25, -0.2) is 15.0 Å². The van der Waals surface area contributed by atoms with Gasteiger partial charge in [-0.15, -0.1) is 0 Å². The number of nitrogen functional groups attached to an aromatic ring is 1. The summed E-state index contributed by atoms with van der Waals surface area (Å²) in [6.45, 7) is 3.63. The predicted molar refractivity (Wildman–Crippen MR) is 126 cm³/mol. The summed E-state index contributed by atoms with van der Waals surface area (Å²) in [5, 5.41) is 2.07. The molecule has 1 aromatic heterocycles. The molecule has 1 fully saturated rings. The molecule has 1 aliphatic heterocycles. The number of nitrogens with one attached hydrogen (secondary N) is 3. The van der Waals surface area contributed by atoms with Gasteiger partial charge in [0.25, 0.3) is 0 Å². The minimum Gasteiger partial charge on any atom is -0.393 e. The molecule has 166 valence electrons. The number of anilines is 3. The second-order valence-corrected chi connectivity index (χ2v) is 7.76. The Kier molecular flexibility index (Phi) is 6.78. The van der Waals surface area contributed by atoms with Crippen molar-refractivity contribution in [2.24, 2.45) is 0 Å². The number of benzene rings is 2. The summed E-state index contributed by atoms with van der Waals surface area (Å²) < 4.78 is 0. The van der Waals surface area contributed by atoms with Crippen LogP contribution in [0.15, 0.2) is 67.0 Å². The van der Waals surface area contributed by atoms with Gasteiger partial charge in [-0.1, -0.05) is 60.7 Å². The highest BCUT2D eigenvalue weighted by atomic mass is 16.2. The third-order valence-corrected chi connectivity index (χ3v) is 5.48. The summed E-state index contributed by atoms with van der Waals surface area (Å²) in [4.78, 5) is 23.9. The molecule has 0 unspecified atom stereocenters. The van der Waals surface area contributed by atoms with Gasteiger partial charge in [0.05, 0.1) is 5.92 Å². The highest BCUT2D eigenvalue weighted by molar-refractivity contribution is 5.88. The third kappa shape index (κ3) is 5.13. The number of amides is 1. The van der Waals surface area contributed by atoms with Crippen molar-refractivity contribution in [1.82, 2.24) is 25.3 Å². The van der Waals surface area contributed by atoms with Crippen LogP contribution in [-0.4, -0.2) is 59.0 Å². The van der Waals surface area contributed by atoms with E-state index in [-0.39, 0.29) is 5.91 Å². The lowest BCUT2D eigenvalue weighted by Gasteiger charge is -2.33. The van der Waals surface area contributed by atoms with E-state index < -0.39 is 5.92 Å². The molecule has 2 aromatic carbocycles. The van der Waals surface area contributed by atoms with E-state index in [2.05, 4.69) is 43.2 Å². The van der Waals surface area contributed by atoms with Gasteiger partial charge < -0.3 is 16.1 Å². The van der Waals surface area contributed by atoms with Crippen LogP contribution in [-0.2, 0) is 4.79 Å². The number of carbonyl (C=O) groups excluding carboxylic acids is 1. The number of piperazine rings is 1. The van der Waals surface area contributed by atoms with Crippen molar-refractivity contribution >= 4 is 23.2 Å². The number of aromatic nitrogens is 2. The summed E-state index contributed by atoms with van der Waals surface area (Å²) in [6.07, 6.45) is 1.41. The van der Waals surface area contributed by atoms with Crippen molar-refractivity contribution in [2.75, 3.05) is 49.8 Å². The first-order valence-electron chi connectivity index (χ1n) is 10.6. The highest BCUT2D eigenvalue weighted by Crippen LogP contribution is 2.26. The topological polar surface area (TPSA) is 111 Å². The number of likely N-dealkylation sites (N-methyl/N-ethyl adjacent to an activating group) is 1. The zero-order valence-electron chi connectivity index (χ0n) is 18.0. The Morgan fingerprint density at radius 1 is 0.906 bits per heavy atom. The SMILES string of the molecule is CN1CCN(Nc2ncnc(NNC(=O)C(c3ccccc3)c3ccccc3)c2N)CC1. The number of nitrogens with zero attached hydrogens (tertiary/aromatic N) is 4. The Hall–Kier alpha value is -3.69. The standard InChI is InChI=1S/C23H28N8O/c1-30-12-14-31(15-13-30)29-22-20(24)21(25-16-26-22)27-28-23(32)19(17-8-4-2-5-9-17)18-10-6-3-7-11-18/h2-11,16,19H,12-15,24H2,1H3,(H,28,32)(H2,25,26,27,29). The first-order valence-corrected chi connectivity index (χ1v) is 10.6. The fourth-order valence-electron chi connectivity index (χ4n) is 3.63. The maximum Gasteiger partial charge on any atom is 0.250 e. The molecule has 32 heavy (non-hydrogen) atoms. The van der Waals surface area contributed by atoms with E-state index in [1.54, 1.807) is 0 Å². The van der Waals surface area contributed by atoms with Crippen molar-refractivity contribution in [3.8, 4) is 0 Å².